The van der Waals surface area contributed by atoms with E-state index in [9.17, 15) is 4.79 Å². The van der Waals surface area contributed by atoms with Crippen LogP contribution in [0.1, 0.15) is 36.0 Å². The lowest BCUT2D eigenvalue weighted by molar-refractivity contribution is -0.120. The Bertz CT molecular complexity index is 753. The molecule has 0 aromatic heterocycles. The van der Waals surface area contributed by atoms with Gasteiger partial charge in [-0.1, -0.05) is 24.3 Å². The number of para-hydroxylation sites is 1. The van der Waals surface area contributed by atoms with Crippen LogP contribution in [0.2, 0.25) is 0 Å². The quantitative estimate of drug-likeness (QED) is 0.842. The van der Waals surface area contributed by atoms with E-state index in [4.69, 9.17) is 0 Å². The molecular weight excluding hydrogens is 296 g/mol. The van der Waals surface area contributed by atoms with Crippen LogP contribution >= 0.6 is 0 Å². The fourth-order valence-electron chi connectivity index (χ4n) is 3.53. The van der Waals surface area contributed by atoms with Crippen molar-refractivity contribution in [3.05, 3.63) is 59.2 Å². The summed E-state index contributed by atoms with van der Waals surface area (Å²) in [5, 5.41) is 0. The van der Waals surface area contributed by atoms with Gasteiger partial charge in [-0.05, 0) is 62.1 Å². The number of rotatable bonds is 3. The van der Waals surface area contributed by atoms with Gasteiger partial charge in [0, 0.05) is 31.5 Å². The standard InChI is InChI=1S/C21H26N2O/c1-5-23(17-11-10-15(2)16(3)14-17)21(24)19-12-13-22(4)20-9-7-6-8-18(19)20/h6-11,14,19H,5,12-13H2,1-4H3. The molecule has 3 heteroatoms. The number of hydrogen-bond donors (Lipinski definition) is 0. The molecule has 2 aromatic carbocycles. The zero-order chi connectivity index (χ0) is 17.3. The van der Waals surface area contributed by atoms with Gasteiger partial charge in [0.2, 0.25) is 5.91 Å². The monoisotopic (exact) mass is 322 g/mol. The fraction of sp³-hybridized carbons (Fsp3) is 0.381. The van der Waals surface area contributed by atoms with Crippen molar-refractivity contribution >= 4 is 17.3 Å². The van der Waals surface area contributed by atoms with Gasteiger partial charge in [0.25, 0.3) is 0 Å². The third-order valence-electron chi connectivity index (χ3n) is 5.16. The third kappa shape index (κ3) is 2.91. The highest BCUT2D eigenvalue weighted by Gasteiger charge is 2.31. The second kappa shape index (κ2) is 6.68. The van der Waals surface area contributed by atoms with Crippen molar-refractivity contribution in [3.63, 3.8) is 0 Å². The minimum Gasteiger partial charge on any atom is -0.374 e. The summed E-state index contributed by atoms with van der Waals surface area (Å²) in [5.74, 6) is 0.153. The number of aryl methyl sites for hydroxylation is 2. The maximum Gasteiger partial charge on any atom is 0.234 e. The zero-order valence-electron chi connectivity index (χ0n) is 15.0. The van der Waals surface area contributed by atoms with Crippen LogP contribution in [0, 0.1) is 13.8 Å². The van der Waals surface area contributed by atoms with Gasteiger partial charge in [-0.15, -0.1) is 0 Å². The van der Waals surface area contributed by atoms with Crippen LogP contribution in [-0.2, 0) is 4.79 Å². The number of nitrogens with zero attached hydrogens (tertiary/aromatic N) is 2. The molecule has 0 aliphatic carbocycles. The van der Waals surface area contributed by atoms with E-state index in [1.54, 1.807) is 0 Å². The average molecular weight is 322 g/mol. The Morgan fingerprint density at radius 1 is 1.17 bits per heavy atom. The maximum atomic E-state index is 13.3. The Morgan fingerprint density at radius 2 is 1.92 bits per heavy atom. The van der Waals surface area contributed by atoms with Gasteiger partial charge in [0.05, 0.1) is 5.92 Å². The molecule has 1 unspecified atom stereocenters. The van der Waals surface area contributed by atoms with Crippen LogP contribution in [-0.4, -0.2) is 26.0 Å². The summed E-state index contributed by atoms with van der Waals surface area (Å²) >= 11 is 0. The number of carbonyl (C=O) groups is 1. The predicted octanol–water partition coefficient (Wildman–Crippen LogP) is 4.28. The maximum absolute atomic E-state index is 13.3. The van der Waals surface area contributed by atoms with E-state index >= 15 is 0 Å². The number of fused-ring (bicyclic) bond motifs is 1. The Balaban J connectivity index is 1.95. The van der Waals surface area contributed by atoms with Crippen LogP contribution in [0.25, 0.3) is 0 Å². The summed E-state index contributed by atoms with van der Waals surface area (Å²) in [4.78, 5) is 17.5. The topological polar surface area (TPSA) is 23.6 Å². The van der Waals surface area contributed by atoms with Crippen LogP contribution in [0.15, 0.2) is 42.5 Å². The number of anilines is 2. The van der Waals surface area contributed by atoms with Crippen LogP contribution < -0.4 is 9.80 Å². The third-order valence-corrected chi connectivity index (χ3v) is 5.16. The lowest BCUT2D eigenvalue weighted by Crippen LogP contribution is -2.39. The molecule has 2 aromatic rings. The zero-order valence-corrected chi connectivity index (χ0v) is 15.0. The van der Waals surface area contributed by atoms with E-state index in [1.807, 2.05) is 24.0 Å². The fourth-order valence-corrected chi connectivity index (χ4v) is 3.53. The number of hydrogen-bond acceptors (Lipinski definition) is 2. The molecule has 1 amide bonds. The molecule has 3 rings (SSSR count). The molecule has 1 heterocycles. The average Bonchev–Trinajstić information content (AvgIpc) is 2.59. The first kappa shape index (κ1) is 16.6. The highest BCUT2D eigenvalue weighted by atomic mass is 16.2. The van der Waals surface area contributed by atoms with E-state index in [0.29, 0.717) is 6.54 Å². The van der Waals surface area contributed by atoms with E-state index < -0.39 is 0 Å². The smallest absolute Gasteiger partial charge is 0.234 e. The molecule has 0 saturated carbocycles. The van der Waals surface area contributed by atoms with Crippen LogP contribution in [0.4, 0.5) is 11.4 Å². The molecule has 0 radical (unpaired) electrons. The minimum atomic E-state index is -0.0565. The molecule has 0 spiro atoms. The SMILES string of the molecule is CCN(C(=O)C1CCN(C)c2ccccc21)c1ccc(C)c(C)c1. The number of carbonyl (C=O) groups excluding carboxylic acids is 1. The number of amides is 1. The first-order valence-corrected chi connectivity index (χ1v) is 8.71. The van der Waals surface area contributed by atoms with E-state index in [0.717, 1.165) is 24.2 Å². The largest absolute Gasteiger partial charge is 0.374 e. The van der Waals surface area contributed by atoms with Crippen molar-refractivity contribution < 1.29 is 4.79 Å². The number of benzene rings is 2. The molecule has 0 saturated heterocycles. The van der Waals surface area contributed by atoms with E-state index in [2.05, 4.69) is 56.1 Å². The summed E-state index contributed by atoms with van der Waals surface area (Å²) in [6.07, 6.45) is 0.869. The molecule has 0 fully saturated rings. The molecular formula is C21H26N2O. The summed E-state index contributed by atoms with van der Waals surface area (Å²) in [6.45, 7) is 7.86. The molecule has 24 heavy (non-hydrogen) atoms. The molecule has 1 atom stereocenters. The Labute approximate surface area is 144 Å². The van der Waals surface area contributed by atoms with E-state index in [1.165, 1.54) is 16.8 Å². The van der Waals surface area contributed by atoms with Gasteiger partial charge in [-0.25, -0.2) is 0 Å². The molecule has 126 valence electrons. The van der Waals surface area contributed by atoms with Crippen LogP contribution in [0.5, 0.6) is 0 Å². The normalized spacial score (nSPS) is 16.7. The van der Waals surface area contributed by atoms with Crippen molar-refractivity contribution in [2.24, 2.45) is 0 Å². The van der Waals surface area contributed by atoms with Gasteiger partial charge in [-0.3, -0.25) is 4.79 Å². The lowest BCUT2D eigenvalue weighted by Gasteiger charge is -2.35. The van der Waals surface area contributed by atoms with Gasteiger partial charge in [0.15, 0.2) is 0 Å². The summed E-state index contributed by atoms with van der Waals surface area (Å²) < 4.78 is 0. The predicted molar refractivity (Wildman–Crippen MR) is 101 cm³/mol. The highest BCUT2D eigenvalue weighted by Crippen LogP contribution is 2.36. The Hall–Kier alpha value is -2.29. The molecule has 1 aliphatic heterocycles. The van der Waals surface area contributed by atoms with Crippen molar-refractivity contribution in [1.29, 1.82) is 0 Å². The van der Waals surface area contributed by atoms with Gasteiger partial charge >= 0.3 is 0 Å². The first-order valence-electron chi connectivity index (χ1n) is 8.71. The van der Waals surface area contributed by atoms with E-state index in [-0.39, 0.29) is 11.8 Å². The molecule has 0 bridgehead atoms. The molecule has 3 nitrogen and oxygen atoms in total. The van der Waals surface area contributed by atoms with Gasteiger partial charge < -0.3 is 9.80 Å². The highest BCUT2D eigenvalue weighted by molar-refractivity contribution is 5.99. The van der Waals surface area contributed by atoms with Gasteiger partial charge in [-0.2, -0.15) is 0 Å². The lowest BCUT2D eigenvalue weighted by atomic mass is 9.88. The summed E-state index contributed by atoms with van der Waals surface area (Å²) in [7, 11) is 2.10. The van der Waals surface area contributed by atoms with Crippen molar-refractivity contribution in [3.8, 4) is 0 Å². The minimum absolute atomic E-state index is 0.0565. The summed E-state index contributed by atoms with van der Waals surface area (Å²) in [5.41, 5.74) is 5.81. The van der Waals surface area contributed by atoms with Crippen molar-refractivity contribution in [2.45, 2.75) is 33.1 Å². The Morgan fingerprint density at radius 3 is 2.62 bits per heavy atom. The van der Waals surface area contributed by atoms with Gasteiger partial charge in [0.1, 0.15) is 0 Å². The first-order chi connectivity index (χ1) is 11.5. The summed E-state index contributed by atoms with van der Waals surface area (Å²) in [6, 6.07) is 14.6. The number of likely N-dealkylation sites (N-methyl/N-ethyl adjacent to an activating group) is 1. The molecule has 1 aliphatic rings. The molecule has 0 N–H and O–H groups in total. The van der Waals surface area contributed by atoms with Crippen molar-refractivity contribution in [1.82, 2.24) is 0 Å². The van der Waals surface area contributed by atoms with Crippen molar-refractivity contribution in [2.75, 3.05) is 29.9 Å². The Kier molecular flexibility index (Phi) is 4.61. The second-order valence-corrected chi connectivity index (χ2v) is 6.67. The second-order valence-electron chi connectivity index (χ2n) is 6.67. The van der Waals surface area contributed by atoms with Crippen LogP contribution in [0.3, 0.4) is 0 Å².